The third-order valence-electron chi connectivity index (χ3n) is 4.70. The van der Waals surface area contributed by atoms with Crippen molar-refractivity contribution in [1.82, 2.24) is 15.5 Å². The summed E-state index contributed by atoms with van der Waals surface area (Å²) in [7, 11) is 0. The van der Waals surface area contributed by atoms with E-state index in [0.29, 0.717) is 0 Å². The second-order valence-electron chi connectivity index (χ2n) is 6.52. The first-order chi connectivity index (χ1) is 9.75. The zero-order valence-electron chi connectivity index (χ0n) is 13.0. The van der Waals surface area contributed by atoms with Gasteiger partial charge in [0.05, 0.1) is 6.04 Å². The molecule has 2 heterocycles. The van der Waals surface area contributed by atoms with Crippen LogP contribution in [0.1, 0.15) is 51.9 Å². The lowest BCUT2D eigenvalue weighted by Crippen LogP contribution is -2.44. The Morgan fingerprint density at radius 2 is 2.00 bits per heavy atom. The first-order valence-electron chi connectivity index (χ1n) is 8.49. The molecule has 0 aromatic heterocycles. The molecule has 0 radical (unpaired) electrons. The first kappa shape index (κ1) is 15.8. The van der Waals surface area contributed by atoms with Crippen molar-refractivity contribution in [3.8, 4) is 0 Å². The van der Waals surface area contributed by atoms with Crippen LogP contribution in [0.4, 0.5) is 0 Å². The fourth-order valence-corrected chi connectivity index (χ4v) is 3.18. The molecule has 4 heteroatoms. The van der Waals surface area contributed by atoms with E-state index < -0.39 is 0 Å². The van der Waals surface area contributed by atoms with Crippen LogP contribution in [0, 0.1) is 5.92 Å². The highest BCUT2D eigenvalue weighted by atomic mass is 16.2. The molecule has 1 amide bonds. The predicted octanol–water partition coefficient (Wildman–Crippen LogP) is 1.76. The maximum Gasteiger partial charge on any atom is 0.237 e. The molecule has 0 saturated carbocycles. The van der Waals surface area contributed by atoms with Gasteiger partial charge in [-0.1, -0.05) is 19.8 Å². The lowest BCUT2D eigenvalue weighted by Gasteiger charge is -2.30. The van der Waals surface area contributed by atoms with Crippen LogP contribution in [-0.2, 0) is 4.79 Å². The van der Waals surface area contributed by atoms with Gasteiger partial charge in [0.25, 0.3) is 0 Å². The average molecular weight is 281 g/mol. The highest BCUT2D eigenvalue weighted by molar-refractivity contribution is 5.81. The van der Waals surface area contributed by atoms with Crippen molar-refractivity contribution in [2.75, 3.05) is 32.7 Å². The molecule has 2 fully saturated rings. The third-order valence-corrected chi connectivity index (χ3v) is 4.70. The molecule has 1 atom stereocenters. The van der Waals surface area contributed by atoms with Gasteiger partial charge in [0.2, 0.25) is 5.91 Å². The summed E-state index contributed by atoms with van der Waals surface area (Å²) in [6.45, 7) is 7.76. The summed E-state index contributed by atoms with van der Waals surface area (Å²) in [6, 6.07) is 0.0494. The van der Waals surface area contributed by atoms with Crippen molar-refractivity contribution in [3.63, 3.8) is 0 Å². The van der Waals surface area contributed by atoms with E-state index in [9.17, 15) is 4.79 Å². The van der Waals surface area contributed by atoms with E-state index in [1.54, 1.807) is 0 Å². The van der Waals surface area contributed by atoms with E-state index in [0.717, 1.165) is 38.4 Å². The minimum Gasteiger partial charge on any atom is -0.355 e. The average Bonchev–Trinajstić information content (AvgIpc) is 2.74. The Morgan fingerprint density at radius 1 is 1.20 bits per heavy atom. The zero-order chi connectivity index (χ0) is 14.2. The van der Waals surface area contributed by atoms with E-state index in [4.69, 9.17) is 0 Å². The third kappa shape index (κ3) is 5.41. The Labute approximate surface area is 123 Å². The lowest BCUT2D eigenvalue weighted by molar-refractivity contribution is -0.123. The van der Waals surface area contributed by atoms with Gasteiger partial charge in [0, 0.05) is 6.54 Å². The van der Waals surface area contributed by atoms with Crippen molar-refractivity contribution in [1.29, 1.82) is 0 Å². The number of carbonyl (C=O) groups excluding carboxylic acids is 1. The molecule has 0 aromatic rings. The minimum absolute atomic E-state index is 0.0494. The summed E-state index contributed by atoms with van der Waals surface area (Å²) in [6.07, 6.45) is 8.37. The van der Waals surface area contributed by atoms with Gasteiger partial charge in [-0.15, -0.1) is 0 Å². The second-order valence-corrected chi connectivity index (χ2v) is 6.52. The summed E-state index contributed by atoms with van der Waals surface area (Å²) in [4.78, 5) is 14.6. The Bertz CT molecular complexity index is 279. The number of amides is 1. The van der Waals surface area contributed by atoms with Crippen LogP contribution in [0.15, 0.2) is 0 Å². The lowest BCUT2D eigenvalue weighted by atomic mass is 9.99. The molecule has 116 valence electrons. The van der Waals surface area contributed by atoms with Crippen molar-refractivity contribution >= 4 is 5.91 Å². The molecule has 0 spiro atoms. The summed E-state index contributed by atoms with van der Waals surface area (Å²) in [5.74, 6) is 1.10. The molecule has 0 aromatic carbocycles. The molecule has 2 aliphatic rings. The molecule has 4 nitrogen and oxygen atoms in total. The number of hydrogen-bond donors (Lipinski definition) is 2. The van der Waals surface area contributed by atoms with Gasteiger partial charge in [-0.2, -0.15) is 0 Å². The van der Waals surface area contributed by atoms with Crippen molar-refractivity contribution in [2.24, 2.45) is 5.92 Å². The Hall–Kier alpha value is -0.610. The molecular weight excluding hydrogens is 250 g/mol. The van der Waals surface area contributed by atoms with Gasteiger partial charge in [-0.05, 0) is 64.2 Å². The maximum absolute atomic E-state index is 12.1. The summed E-state index contributed by atoms with van der Waals surface area (Å²) < 4.78 is 0. The van der Waals surface area contributed by atoms with Crippen molar-refractivity contribution in [2.45, 2.75) is 57.9 Å². The van der Waals surface area contributed by atoms with Gasteiger partial charge in [0.1, 0.15) is 0 Å². The molecule has 1 unspecified atom stereocenters. The van der Waals surface area contributed by atoms with E-state index in [2.05, 4.69) is 22.5 Å². The van der Waals surface area contributed by atoms with E-state index in [-0.39, 0.29) is 11.9 Å². The number of carbonyl (C=O) groups is 1. The van der Waals surface area contributed by atoms with Gasteiger partial charge < -0.3 is 15.5 Å². The first-order valence-corrected chi connectivity index (χ1v) is 8.49. The summed E-state index contributed by atoms with van der Waals surface area (Å²) >= 11 is 0. The number of nitrogens with one attached hydrogen (secondary N) is 2. The quantitative estimate of drug-likeness (QED) is 0.755. The topological polar surface area (TPSA) is 44.4 Å². The smallest absolute Gasteiger partial charge is 0.237 e. The Morgan fingerprint density at radius 3 is 2.80 bits per heavy atom. The number of piperidine rings is 1. The largest absolute Gasteiger partial charge is 0.355 e. The molecule has 0 bridgehead atoms. The van der Waals surface area contributed by atoms with Crippen molar-refractivity contribution < 1.29 is 4.79 Å². The van der Waals surface area contributed by atoms with Crippen LogP contribution in [0.25, 0.3) is 0 Å². The number of rotatable bonds is 5. The monoisotopic (exact) mass is 281 g/mol. The SMILES string of the molecule is CC1CCN(CCCNC(=O)C2CCCCCN2)CC1. The molecule has 2 saturated heterocycles. The van der Waals surface area contributed by atoms with Crippen LogP contribution in [0.3, 0.4) is 0 Å². The van der Waals surface area contributed by atoms with Crippen LogP contribution in [0.2, 0.25) is 0 Å². The van der Waals surface area contributed by atoms with Crippen LogP contribution < -0.4 is 10.6 Å². The highest BCUT2D eigenvalue weighted by Gasteiger charge is 2.19. The normalized spacial score (nSPS) is 26.1. The van der Waals surface area contributed by atoms with E-state index >= 15 is 0 Å². The highest BCUT2D eigenvalue weighted by Crippen LogP contribution is 2.15. The van der Waals surface area contributed by atoms with E-state index in [1.807, 2.05) is 0 Å². The van der Waals surface area contributed by atoms with Crippen LogP contribution in [0.5, 0.6) is 0 Å². The predicted molar refractivity (Wildman–Crippen MR) is 82.7 cm³/mol. The number of nitrogens with zero attached hydrogens (tertiary/aromatic N) is 1. The standard InChI is InChI=1S/C16H31N3O/c1-14-7-12-19(13-8-14)11-5-10-18-16(20)15-6-3-2-4-9-17-15/h14-15,17H,2-13H2,1H3,(H,18,20). The minimum atomic E-state index is 0.0494. The fourth-order valence-electron chi connectivity index (χ4n) is 3.18. The molecule has 2 N–H and O–H groups in total. The second kappa shape index (κ2) is 8.63. The number of hydrogen-bond acceptors (Lipinski definition) is 3. The van der Waals surface area contributed by atoms with Crippen LogP contribution in [-0.4, -0.2) is 49.6 Å². The van der Waals surface area contributed by atoms with Gasteiger partial charge in [-0.25, -0.2) is 0 Å². The van der Waals surface area contributed by atoms with Crippen molar-refractivity contribution in [3.05, 3.63) is 0 Å². The van der Waals surface area contributed by atoms with E-state index in [1.165, 1.54) is 45.2 Å². The molecule has 2 rings (SSSR count). The van der Waals surface area contributed by atoms with Gasteiger partial charge in [-0.3, -0.25) is 4.79 Å². The molecule has 0 aliphatic carbocycles. The summed E-state index contributed by atoms with van der Waals surface area (Å²) in [5, 5.41) is 6.45. The molecular formula is C16H31N3O. The maximum atomic E-state index is 12.1. The zero-order valence-corrected chi connectivity index (χ0v) is 13.0. The molecule has 2 aliphatic heterocycles. The molecule has 20 heavy (non-hydrogen) atoms. The van der Waals surface area contributed by atoms with Gasteiger partial charge in [0.15, 0.2) is 0 Å². The number of likely N-dealkylation sites (tertiary alicyclic amines) is 1. The summed E-state index contributed by atoms with van der Waals surface area (Å²) in [5.41, 5.74) is 0. The Kier molecular flexibility index (Phi) is 6.80. The van der Waals surface area contributed by atoms with Gasteiger partial charge >= 0.3 is 0 Å². The Balaban J connectivity index is 1.54. The van der Waals surface area contributed by atoms with Crippen LogP contribution >= 0.6 is 0 Å². The fraction of sp³-hybridized carbons (Fsp3) is 0.938.